The van der Waals surface area contributed by atoms with Gasteiger partial charge in [-0.3, -0.25) is 24.9 Å². The first kappa shape index (κ1) is 36.2. The highest BCUT2D eigenvalue weighted by atomic mass is 14.8. The molecule has 5 heterocycles. The maximum atomic E-state index is 4.36. The van der Waals surface area contributed by atoms with Crippen LogP contribution in [-0.2, 0) is 12.8 Å². The van der Waals surface area contributed by atoms with Crippen LogP contribution < -0.4 is 0 Å². The molecule has 5 nitrogen and oxygen atoms in total. The summed E-state index contributed by atoms with van der Waals surface area (Å²) in [7, 11) is 0. The minimum Gasteiger partial charge on any atom is -0.294 e. The van der Waals surface area contributed by atoms with Crippen molar-refractivity contribution in [3.8, 4) is 0 Å². The number of pyridine rings is 3. The van der Waals surface area contributed by atoms with Gasteiger partial charge in [0.05, 0.1) is 0 Å². The number of allylic oxidation sites excluding steroid dienone is 2. The molecule has 2 aliphatic rings. The topological polar surface area (TPSA) is 63.4 Å². The molecule has 0 bridgehead atoms. The summed E-state index contributed by atoms with van der Waals surface area (Å²) in [6.45, 7) is 17.7. The highest BCUT2D eigenvalue weighted by molar-refractivity contribution is 5.86. The van der Waals surface area contributed by atoms with Gasteiger partial charge >= 0.3 is 0 Å². The van der Waals surface area contributed by atoms with Gasteiger partial charge in [-0.1, -0.05) is 57.2 Å². The van der Waals surface area contributed by atoms with Crippen LogP contribution in [0.1, 0.15) is 95.1 Å². The van der Waals surface area contributed by atoms with E-state index in [4.69, 9.17) is 0 Å². The molecule has 0 N–H and O–H groups in total. The molecule has 0 fully saturated rings. The number of aliphatic imine (C=N–C) groups is 2. The fourth-order valence-corrected chi connectivity index (χ4v) is 4.67. The van der Waals surface area contributed by atoms with E-state index in [0.29, 0.717) is 0 Å². The van der Waals surface area contributed by atoms with E-state index in [2.05, 4.69) is 95.1 Å². The van der Waals surface area contributed by atoms with Gasteiger partial charge in [0.15, 0.2) is 0 Å². The molecular weight excluding hydrogens is 538 g/mol. The number of benzene rings is 1. The Hall–Kier alpha value is -3.99. The molecule has 6 rings (SSSR count). The van der Waals surface area contributed by atoms with Gasteiger partial charge in [0, 0.05) is 70.6 Å². The van der Waals surface area contributed by atoms with Crippen molar-refractivity contribution in [1.82, 2.24) is 15.0 Å². The summed E-state index contributed by atoms with van der Waals surface area (Å²) in [5.41, 5.74) is 9.66. The highest BCUT2D eigenvalue weighted by Crippen LogP contribution is 2.16. The van der Waals surface area contributed by atoms with Crippen molar-refractivity contribution in [1.29, 1.82) is 0 Å². The smallest absolute Gasteiger partial charge is 0.0479 e. The summed E-state index contributed by atoms with van der Waals surface area (Å²) in [5.74, 6) is 0. The van der Waals surface area contributed by atoms with Crippen LogP contribution in [0.5, 0.6) is 0 Å². The Labute approximate surface area is 266 Å². The number of rotatable bonds is 3. The van der Waals surface area contributed by atoms with Gasteiger partial charge in [0.25, 0.3) is 0 Å². The molecule has 0 radical (unpaired) electrons. The van der Waals surface area contributed by atoms with Crippen LogP contribution in [0.15, 0.2) is 94.8 Å². The number of hydrogen-bond donors (Lipinski definition) is 0. The molecular formula is C39H53N5. The Morgan fingerprint density at radius 3 is 1.89 bits per heavy atom. The lowest BCUT2D eigenvalue weighted by Gasteiger charge is -2.08. The molecule has 3 aromatic heterocycles. The average Bonchev–Trinajstić information content (AvgIpc) is 3.44. The first-order valence-corrected chi connectivity index (χ1v) is 16.1. The largest absolute Gasteiger partial charge is 0.294 e. The van der Waals surface area contributed by atoms with Crippen LogP contribution in [0, 0.1) is 20.8 Å². The van der Waals surface area contributed by atoms with Gasteiger partial charge in [-0.2, -0.15) is 0 Å². The van der Waals surface area contributed by atoms with Crippen LogP contribution in [-0.4, -0.2) is 32.9 Å². The highest BCUT2D eigenvalue weighted by Gasteiger charge is 2.00. The van der Waals surface area contributed by atoms with Crippen molar-refractivity contribution < 1.29 is 0 Å². The fourth-order valence-electron chi connectivity index (χ4n) is 4.67. The summed E-state index contributed by atoms with van der Waals surface area (Å²) in [6.07, 6.45) is 14.1. The fraction of sp³-hybridized carbons (Fsp3) is 0.410. The lowest BCUT2D eigenvalue weighted by molar-refractivity contribution is 0.728. The second-order valence-corrected chi connectivity index (χ2v) is 11.1. The van der Waals surface area contributed by atoms with E-state index in [0.717, 1.165) is 42.9 Å². The summed E-state index contributed by atoms with van der Waals surface area (Å²) >= 11 is 0. The lowest BCUT2D eigenvalue weighted by Crippen LogP contribution is -2.03. The minimum absolute atomic E-state index is 1.00. The van der Waals surface area contributed by atoms with Gasteiger partial charge in [-0.25, -0.2) is 0 Å². The van der Waals surface area contributed by atoms with Gasteiger partial charge in [-0.05, 0) is 114 Å². The predicted molar refractivity (Wildman–Crippen MR) is 191 cm³/mol. The lowest BCUT2D eigenvalue weighted by atomic mass is 10.1. The van der Waals surface area contributed by atoms with Gasteiger partial charge < -0.3 is 0 Å². The summed E-state index contributed by atoms with van der Waals surface area (Å²) < 4.78 is 0. The normalized spacial score (nSPS) is 13.2. The molecule has 2 aliphatic heterocycles. The summed E-state index contributed by atoms with van der Waals surface area (Å²) in [4.78, 5) is 21.2. The number of aromatic nitrogens is 3. The van der Waals surface area contributed by atoms with Crippen LogP contribution in [0.2, 0.25) is 0 Å². The maximum absolute atomic E-state index is 4.36. The van der Waals surface area contributed by atoms with E-state index in [1.165, 1.54) is 64.8 Å². The van der Waals surface area contributed by atoms with E-state index in [-0.39, 0.29) is 0 Å². The molecule has 4 aromatic rings. The number of fused-ring (bicyclic) bond motifs is 1. The van der Waals surface area contributed by atoms with Crippen molar-refractivity contribution >= 4 is 22.2 Å². The zero-order valence-electron chi connectivity index (χ0n) is 28.4. The third-order valence-electron chi connectivity index (χ3n) is 7.13. The quantitative estimate of drug-likeness (QED) is 0.238. The van der Waals surface area contributed by atoms with Crippen LogP contribution in [0.3, 0.4) is 0 Å². The minimum atomic E-state index is 1.00. The Bertz CT molecular complexity index is 1480. The molecule has 0 aliphatic carbocycles. The SMILES string of the molecule is CC1=CCC(C)=N1.CCC1=NCCCC1.CCc1cc(C)ccn1.CCc1nccc2ccccc12.Cc1cccc(C)n1. The van der Waals surface area contributed by atoms with Gasteiger partial charge in [-0.15, -0.1) is 0 Å². The molecule has 0 amide bonds. The molecule has 5 heteroatoms. The standard InChI is InChI=1S/C11H11N.C8H11N.C7H9N.C7H13N.C6H9N/c1-2-11-10-6-4-3-5-9(10)7-8-12-11;1-3-8-6-7(2)4-5-9-8;1-6-4-3-5-7(2)8-6;1-2-7-5-3-4-6-8-7;1-5-3-4-6(2)7-5/h3-8H,2H2,1H3;4-6H,3H2,1-2H3;3-5H,1-2H3;2-6H2,1H3;3H,4H2,1-2H3. The van der Waals surface area contributed by atoms with E-state index in [1.807, 2.05) is 64.4 Å². The molecule has 0 spiro atoms. The van der Waals surface area contributed by atoms with Crippen LogP contribution in [0.25, 0.3) is 10.8 Å². The predicted octanol–water partition coefficient (Wildman–Crippen LogP) is 10.2. The average molecular weight is 592 g/mol. The van der Waals surface area contributed by atoms with E-state index in [9.17, 15) is 0 Å². The number of aryl methyl sites for hydroxylation is 5. The third-order valence-corrected chi connectivity index (χ3v) is 7.13. The monoisotopic (exact) mass is 591 g/mol. The first-order chi connectivity index (χ1) is 21.2. The van der Waals surface area contributed by atoms with E-state index < -0.39 is 0 Å². The summed E-state index contributed by atoms with van der Waals surface area (Å²) in [6, 6.07) is 20.5. The Morgan fingerprint density at radius 2 is 1.43 bits per heavy atom. The van der Waals surface area contributed by atoms with Crippen molar-refractivity contribution in [3.05, 3.63) is 113 Å². The van der Waals surface area contributed by atoms with Gasteiger partial charge in [0.1, 0.15) is 0 Å². The van der Waals surface area contributed by atoms with Crippen molar-refractivity contribution in [2.75, 3.05) is 6.54 Å². The molecule has 234 valence electrons. The molecule has 0 unspecified atom stereocenters. The van der Waals surface area contributed by atoms with Gasteiger partial charge in [0.2, 0.25) is 0 Å². The van der Waals surface area contributed by atoms with Crippen molar-refractivity contribution in [2.45, 2.75) is 100 Å². The maximum Gasteiger partial charge on any atom is 0.0479 e. The van der Waals surface area contributed by atoms with Crippen molar-refractivity contribution in [3.63, 3.8) is 0 Å². The van der Waals surface area contributed by atoms with Crippen LogP contribution in [0.4, 0.5) is 0 Å². The molecule has 0 saturated carbocycles. The molecule has 44 heavy (non-hydrogen) atoms. The van der Waals surface area contributed by atoms with E-state index in [1.54, 1.807) is 0 Å². The second kappa shape index (κ2) is 20.8. The first-order valence-electron chi connectivity index (χ1n) is 16.1. The molecule has 0 saturated heterocycles. The Kier molecular flexibility index (Phi) is 17.1. The number of hydrogen-bond acceptors (Lipinski definition) is 5. The third kappa shape index (κ3) is 14.5. The molecule has 0 atom stereocenters. The summed E-state index contributed by atoms with van der Waals surface area (Å²) in [5, 5.41) is 2.56. The zero-order chi connectivity index (χ0) is 32.2. The second-order valence-electron chi connectivity index (χ2n) is 11.1. The van der Waals surface area contributed by atoms with Crippen molar-refractivity contribution in [2.24, 2.45) is 9.98 Å². The molecule has 1 aromatic carbocycles. The Morgan fingerprint density at radius 1 is 0.705 bits per heavy atom. The number of nitrogens with zero attached hydrogens (tertiary/aromatic N) is 5. The Balaban J connectivity index is 0.000000195. The zero-order valence-corrected chi connectivity index (χ0v) is 28.4. The van der Waals surface area contributed by atoms with Crippen LogP contribution >= 0.6 is 0 Å². The van der Waals surface area contributed by atoms with E-state index >= 15 is 0 Å².